The fraction of sp³-hybridized carbons (Fsp3) is 1.00. The van der Waals surface area contributed by atoms with Gasteiger partial charge in [-0.2, -0.15) is 0 Å². The molecule has 2 fully saturated rings. The number of hydrogen-bond donors (Lipinski definition) is 0. The highest BCUT2D eigenvalue weighted by molar-refractivity contribution is 9.12. The molecule has 1 heterocycles. The Labute approximate surface area is 95.6 Å². The average molecular weight is 332 g/mol. The summed E-state index contributed by atoms with van der Waals surface area (Å²) in [6.07, 6.45) is 2.65. The lowest BCUT2D eigenvalue weighted by Gasteiger charge is -2.31. The molecule has 1 saturated carbocycles. The maximum Gasteiger partial charge on any atom is 0.153 e. The highest BCUT2D eigenvalue weighted by atomic mass is 79.9. The molecular formula is C8H12Br2O2S. The Bertz CT molecular complexity index is 301. The van der Waals surface area contributed by atoms with Gasteiger partial charge in [0.25, 0.3) is 0 Å². The van der Waals surface area contributed by atoms with Gasteiger partial charge < -0.3 is 0 Å². The summed E-state index contributed by atoms with van der Waals surface area (Å²) in [6, 6.07) is 0. The summed E-state index contributed by atoms with van der Waals surface area (Å²) in [6.45, 7) is 0. The van der Waals surface area contributed by atoms with Crippen LogP contribution >= 0.6 is 31.9 Å². The Balaban J connectivity index is 2.21. The first-order chi connectivity index (χ1) is 6.00. The van der Waals surface area contributed by atoms with E-state index in [1.54, 1.807) is 0 Å². The second kappa shape index (κ2) is 3.49. The zero-order chi connectivity index (χ0) is 9.64. The zero-order valence-corrected chi connectivity index (χ0v) is 11.1. The summed E-state index contributed by atoms with van der Waals surface area (Å²) in [5.74, 6) is 0.810. The van der Waals surface area contributed by atoms with Crippen LogP contribution in [0.3, 0.4) is 0 Å². The molecule has 0 amide bonds. The van der Waals surface area contributed by atoms with Gasteiger partial charge in [0, 0.05) is 9.65 Å². The molecule has 0 aromatic rings. The lowest BCUT2D eigenvalue weighted by molar-refractivity contribution is 0.392. The Morgan fingerprint density at radius 2 is 1.69 bits per heavy atom. The third-order valence-electron chi connectivity index (χ3n) is 3.14. The van der Waals surface area contributed by atoms with Crippen molar-refractivity contribution in [2.24, 2.45) is 5.92 Å². The molecule has 5 heteroatoms. The molecule has 2 rings (SSSR count). The van der Waals surface area contributed by atoms with E-state index in [4.69, 9.17) is 0 Å². The van der Waals surface area contributed by atoms with Crippen molar-refractivity contribution >= 4 is 41.7 Å². The van der Waals surface area contributed by atoms with Crippen molar-refractivity contribution in [2.75, 3.05) is 5.75 Å². The van der Waals surface area contributed by atoms with Gasteiger partial charge in [-0.3, -0.25) is 0 Å². The third kappa shape index (κ3) is 1.84. The Morgan fingerprint density at radius 1 is 1.08 bits per heavy atom. The summed E-state index contributed by atoms with van der Waals surface area (Å²) in [4.78, 5) is 0.767. The van der Waals surface area contributed by atoms with E-state index < -0.39 is 9.84 Å². The molecule has 0 unspecified atom stereocenters. The van der Waals surface area contributed by atoms with Gasteiger partial charge in [-0.15, -0.1) is 0 Å². The SMILES string of the molecule is O=S1(=O)CC[C@H]2C[C@H](Br)[C@H](Br)C[C@H]21. The first kappa shape index (κ1) is 10.4. The molecule has 13 heavy (non-hydrogen) atoms. The average Bonchev–Trinajstić information content (AvgIpc) is 2.31. The molecule has 0 radical (unpaired) electrons. The van der Waals surface area contributed by atoms with Crippen LogP contribution in [0.1, 0.15) is 19.3 Å². The van der Waals surface area contributed by atoms with Gasteiger partial charge in [-0.1, -0.05) is 31.9 Å². The molecule has 2 nitrogen and oxygen atoms in total. The first-order valence-electron chi connectivity index (χ1n) is 4.50. The predicted octanol–water partition coefficient (Wildman–Crippen LogP) is 2.11. The third-order valence-corrected chi connectivity index (χ3v) is 8.18. The fourth-order valence-electron chi connectivity index (χ4n) is 2.36. The molecule has 0 N–H and O–H groups in total. The number of alkyl halides is 2. The van der Waals surface area contributed by atoms with Crippen LogP contribution in [-0.4, -0.2) is 29.1 Å². The monoisotopic (exact) mass is 330 g/mol. The van der Waals surface area contributed by atoms with Crippen LogP contribution in [0.15, 0.2) is 0 Å². The van der Waals surface area contributed by atoms with E-state index in [0.717, 1.165) is 19.3 Å². The molecule has 1 aliphatic carbocycles. The molecular weight excluding hydrogens is 320 g/mol. The van der Waals surface area contributed by atoms with Crippen molar-refractivity contribution in [3.63, 3.8) is 0 Å². The lowest BCUT2D eigenvalue weighted by atomic mass is 9.87. The number of hydrogen-bond acceptors (Lipinski definition) is 2. The smallest absolute Gasteiger partial charge is 0.153 e. The van der Waals surface area contributed by atoms with Crippen LogP contribution in [0.5, 0.6) is 0 Å². The Hall–Kier alpha value is 0.910. The summed E-state index contributed by atoms with van der Waals surface area (Å²) < 4.78 is 23.2. The van der Waals surface area contributed by atoms with Gasteiger partial charge in [-0.05, 0) is 25.2 Å². The van der Waals surface area contributed by atoms with E-state index in [-0.39, 0.29) is 5.25 Å². The maximum atomic E-state index is 11.6. The lowest BCUT2D eigenvalue weighted by Crippen LogP contribution is -2.36. The van der Waals surface area contributed by atoms with Crippen LogP contribution in [-0.2, 0) is 9.84 Å². The van der Waals surface area contributed by atoms with E-state index in [0.29, 0.717) is 21.3 Å². The molecule has 0 spiro atoms. The maximum absolute atomic E-state index is 11.6. The molecule has 1 saturated heterocycles. The molecule has 0 aromatic heterocycles. The highest BCUT2D eigenvalue weighted by Gasteiger charge is 2.45. The van der Waals surface area contributed by atoms with Gasteiger partial charge in [0.15, 0.2) is 9.84 Å². The fourth-order valence-corrected chi connectivity index (χ4v) is 6.19. The minimum atomic E-state index is -2.75. The normalized spacial score (nSPS) is 48.8. The zero-order valence-electron chi connectivity index (χ0n) is 7.12. The number of halogens is 2. The topological polar surface area (TPSA) is 34.1 Å². The van der Waals surface area contributed by atoms with Crippen molar-refractivity contribution < 1.29 is 8.42 Å². The molecule has 4 atom stereocenters. The highest BCUT2D eigenvalue weighted by Crippen LogP contribution is 2.42. The van der Waals surface area contributed by atoms with Crippen molar-refractivity contribution in [2.45, 2.75) is 34.2 Å². The van der Waals surface area contributed by atoms with E-state index in [2.05, 4.69) is 31.9 Å². The minimum Gasteiger partial charge on any atom is -0.229 e. The van der Waals surface area contributed by atoms with Gasteiger partial charge in [0.1, 0.15) is 0 Å². The van der Waals surface area contributed by atoms with E-state index in [1.807, 2.05) is 0 Å². The second-order valence-corrected chi connectivity index (χ2v) is 8.65. The Morgan fingerprint density at radius 3 is 2.38 bits per heavy atom. The Kier molecular flexibility index (Phi) is 2.80. The van der Waals surface area contributed by atoms with Crippen LogP contribution in [0.25, 0.3) is 0 Å². The van der Waals surface area contributed by atoms with E-state index >= 15 is 0 Å². The standard InChI is InChI=1S/C8H12Br2O2S/c9-6-3-5-1-2-13(11,12)8(5)4-7(6)10/h5-8H,1-4H2/t5-,6-,7+,8+/m0/s1. The van der Waals surface area contributed by atoms with Crippen LogP contribution in [0.4, 0.5) is 0 Å². The molecule has 76 valence electrons. The summed E-state index contributed by atoms with van der Waals surface area (Å²) in [7, 11) is -2.75. The van der Waals surface area contributed by atoms with Gasteiger partial charge >= 0.3 is 0 Å². The van der Waals surface area contributed by atoms with Crippen molar-refractivity contribution in [1.29, 1.82) is 0 Å². The van der Waals surface area contributed by atoms with Crippen LogP contribution in [0.2, 0.25) is 0 Å². The molecule has 0 aromatic carbocycles. The van der Waals surface area contributed by atoms with Gasteiger partial charge in [-0.25, -0.2) is 8.42 Å². The largest absolute Gasteiger partial charge is 0.229 e. The van der Waals surface area contributed by atoms with E-state index in [9.17, 15) is 8.42 Å². The molecule has 1 aliphatic heterocycles. The quantitative estimate of drug-likeness (QED) is 0.637. The second-order valence-electron chi connectivity index (χ2n) is 3.96. The molecule has 2 aliphatic rings. The molecule has 0 bridgehead atoms. The number of sulfone groups is 1. The summed E-state index contributed by atoms with van der Waals surface area (Å²) in [5, 5.41) is -0.0642. The van der Waals surface area contributed by atoms with E-state index in [1.165, 1.54) is 0 Å². The van der Waals surface area contributed by atoms with Crippen LogP contribution < -0.4 is 0 Å². The van der Waals surface area contributed by atoms with Gasteiger partial charge in [0.05, 0.1) is 11.0 Å². The van der Waals surface area contributed by atoms with Crippen molar-refractivity contribution in [3.8, 4) is 0 Å². The number of fused-ring (bicyclic) bond motifs is 1. The van der Waals surface area contributed by atoms with Crippen molar-refractivity contribution in [3.05, 3.63) is 0 Å². The summed E-state index contributed by atoms with van der Waals surface area (Å²) >= 11 is 7.12. The van der Waals surface area contributed by atoms with Crippen molar-refractivity contribution in [1.82, 2.24) is 0 Å². The van der Waals surface area contributed by atoms with Crippen LogP contribution in [0, 0.1) is 5.92 Å². The summed E-state index contributed by atoms with van der Waals surface area (Å²) in [5.41, 5.74) is 0. The van der Waals surface area contributed by atoms with Gasteiger partial charge in [0.2, 0.25) is 0 Å². The predicted molar refractivity (Wildman–Crippen MR) is 60.3 cm³/mol. The minimum absolute atomic E-state index is 0.0642. The first-order valence-corrected chi connectivity index (χ1v) is 8.05. The number of rotatable bonds is 0.